The Morgan fingerprint density at radius 2 is 1.36 bits per heavy atom. The molecule has 3 aromatic carbocycles. The van der Waals surface area contributed by atoms with Crippen molar-refractivity contribution in [3.63, 3.8) is 0 Å². The van der Waals surface area contributed by atoms with Crippen LogP contribution < -0.4 is 9.82 Å². The Morgan fingerprint density at radius 3 is 1.89 bits per heavy atom. The number of hydrogen-bond acceptors (Lipinski definition) is 3. The highest BCUT2D eigenvalue weighted by molar-refractivity contribution is 8.17. The van der Waals surface area contributed by atoms with Gasteiger partial charge >= 0.3 is 0 Å². The summed E-state index contributed by atoms with van der Waals surface area (Å²) in [5.41, 5.74) is 2.88. The predicted octanol–water partition coefficient (Wildman–Crippen LogP) is 7.13. The average molecular weight is 405 g/mol. The maximum atomic E-state index is 13.9. The molecule has 140 valence electrons. The van der Waals surface area contributed by atoms with Gasteiger partial charge in [0.05, 0.1) is 7.11 Å². The van der Waals surface area contributed by atoms with Crippen molar-refractivity contribution in [2.75, 3.05) is 12.2 Å². The molecule has 0 unspecified atom stereocenters. The van der Waals surface area contributed by atoms with Crippen LogP contribution in [-0.4, -0.2) is 7.11 Å². The third-order valence-electron chi connectivity index (χ3n) is 4.33. The molecule has 3 aromatic rings. The average Bonchev–Trinajstić information content (AvgIpc) is 2.74. The molecule has 3 nitrogen and oxygen atoms in total. The number of hydrogen-bond donors (Lipinski definition) is 1. The molecule has 0 bridgehead atoms. The Balaban J connectivity index is 1.76. The monoisotopic (exact) mass is 405 g/mol. The summed E-state index contributed by atoms with van der Waals surface area (Å²) >= 11 is 1.64. The van der Waals surface area contributed by atoms with Crippen molar-refractivity contribution in [2.24, 2.45) is 0 Å². The van der Waals surface area contributed by atoms with Crippen molar-refractivity contribution in [1.82, 2.24) is 0 Å². The van der Waals surface area contributed by atoms with E-state index in [0.717, 1.165) is 32.4 Å². The van der Waals surface area contributed by atoms with E-state index in [1.165, 1.54) is 0 Å². The van der Waals surface area contributed by atoms with Gasteiger partial charge in [-0.25, -0.2) is 0 Å². The van der Waals surface area contributed by atoms with Gasteiger partial charge < -0.3 is 9.82 Å². The first-order valence-electron chi connectivity index (χ1n) is 8.91. The van der Waals surface area contributed by atoms with Crippen LogP contribution in [0.25, 0.3) is 9.81 Å². The summed E-state index contributed by atoms with van der Waals surface area (Å²) < 4.78 is 19.1. The van der Waals surface area contributed by atoms with Crippen LogP contribution in [0.5, 0.6) is 5.75 Å². The Morgan fingerprint density at radius 1 is 0.786 bits per heavy atom. The minimum absolute atomic E-state index is 0.725. The number of anilines is 1. The lowest BCUT2D eigenvalue weighted by molar-refractivity contribution is 0.415. The van der Waals surface area contributed by atoms with Crippen molar-refractivity contribution < 1.29 is 9.30 Å². The first-order chi connectivity index (χ1) is 13.6. The fourth-order valence-corrected chi connectivity index (χ4v) is 6.83. The summed E-state index contributed by atoms with van der Waals surface area (Å²) in [4.78, 5) is 1.97. The minimum atomic E-state index is -2.96. The van der Waals surface area contributed by atoms with Crippen LogP contribution in [-0.2, 0) is 4.57 Å². The molecule has 28 heavy (non-hydrogen) atoms. The van der Waals surface area contributed by atoms with E-state index in [-0.39, 0.29) is 0 Å². The van der Waals surface area contributed by atoms with Crippen molar-refractivity contribution in [3.8, 4) is 5.75 Å². The number of nitrogens with one attached hydrogen (secondary N) is 1. The lowest BCUT2D eigenvalue weighted by atomic mass is 10.2. The summed E-state index contributed by atoms with van der Waals surface area (Å²) in [7, 11) is -1.34. The summed E-state index contributed by atoms with van der Waals surface area (Å²) in [6.45, 7) is 0. The second kappa shape index (κ2) is 8.14. The molecular weight excluding hydrogens is 385 g/mol. The molecular formula is C23H20NO2PS. The molecule has 0 spiro atoms. The van der Waals surface area contributed by atoms with Gasteiger partial charge in [0, 0.05) is 33.2 Å². The van der Waals surface area contributed by atoms with Crippen LogP contribution in [0.3, 0.4) is 0 Å². The Hall–Kier alpha value is -2.68. The molecule has 0 aliphatic carbocycles. The zero-order valence-electron chi connectivity index (χ0n) is 15.4. The lowest BCUT2D eigenvalue weighted by Crippen LogP contribution is -1.98. The summed E-state index contributed by atoms with van der Waals surface area (Å²) in [6, 6.07) is 27.6. The molecule has 4 rings (SSSR count). The third-order valence-corrected chi connectivity index (χ3v) is 7.72. The second-order valence-corrected chi connectivity index (χ2v) is 9.62. The van der Waals surface area contributed by atoms with Crippen LogP contribution >= 0.6 is 19.1 Å². The zero-order chi connectivity index (χ0) is 19.4. The fraction of sp³-hybridized carbons (Fsp3) is 0.0435. The van der Waals surface area contributed by atoms with Gasteiger partial charge in [-0.05, 0) is 23.3 Å². The first kappa shape index (κ1) is 18.7. The fourth-order valence-electron chi connectivity index (χ4n) is 2.99. The molecule has 1 aliphatic heterocycles. The largest absolute Gasteiger partial charge is 0.497 e. The van der Waals surface area contributed by atoms with Gasteiger partial charge in [0.15, 0.2) is 0 Å². The summed E-state index contributed by atoms with van der Waals surface area (Å²) in [5.74, 6) is 4.44. The normalized spacial score (nSPS) is 15.3. The lowest BCUT2D eigenvalue weighted by Gasteiger charge is -2.23. The van der Waals surface area contributed by atoms with Crippen LogP contribution in [0.1, 0.15) is 11.1 Å². The number of ether oxygens (including phenoxy) is 1. The molecule has 1 N–H and O–H groups in total. The van der Waals surface area contributed by atoms with Crippen LogP contribution in [0, 0.1) is 0 Å². The summed E-state index contributed by atoms with van der Waals surface area (Å²) in [5, 5.41) is 3.24. The van der Waals surface area contributed by atoms with E-state index in [9.17, 15) is 4.57 Å². The van der Waals surface area contributed by atoms with Crippen molar-refractivity contribution >= 4 is 34.6 Å². The molecule has 0 amide bonds. The van der Waals surface area contributed by atoms with Crippen LogP contribution in [0.4, 0.5) is 5.69 Å². The Labute approximate surface area is 169 Å². The van der Waals surface area contributed by atoms with Crippen LogP contribution in [0.15, 0.2) is 96.6 Å². The van der Waals surface area contributed by atoms with E-state index in [2.05, 4.69) is 5.09 Å². The highest BCUT2D eigenvalue weighted by Crippen LogP contribution is 2.60. The second-order valence-electron chi connectivity index (χ2n) is 6.37. The van der Waals surface area contributed by atoms with Crippen LogP contribution in [0.2, 0.25) is 0 Å². The number of methoxy groups -OCH3 is 1. The van der Waals surface area contributed by atoms with E-state index in [1.807, 2.05) is 96.6 Å². The quantitative estimate of drug-likeness (QED) is 0.458. The van der Waals surface area contributed by atoms with E-state index >= 15 is 0 Å². The molecule has 0 radical (unpaired) electrons. The number of thioether (sulfide) groups is 1. The zero-order valence-corrected chi connectivity index (χ0v) is 17.1. The molecule has 5 heteroatoms. The Kier molecular flexibility index (Phi) is 5.43. The maximum Gasteiger partial charge on any atom is 0.215 e. The molecule has 1 heterocycles. The van der Waals surface area contributed by atoms with Gasteiger partial charge in [-0.2, -0.15) is 0 Å². The third kappa shape index (κ3) is 4.24. The minimum Gasteiger partial charge on any atom is -0.497 e. The molecule has 1 aliphatic rings. The van der Waals surface area contributed by atoms with E-state index in [0.29, 0.717) is 0 Å². The summed E-state index contributed by atoms with van der Waals surface area (Å²) in [6.07, 6.45) is 0. The Bertz CT molecular complexity index is 1020. The van der Waals surface area contributed by atoms with Gasteiger partial charge in [0.2, 0.25) is 7.29 Å². The van der Waals surface area contributed by atoms with E-state index in [4.69, 9.17) is 4.74 Å². The molecule has 0 fully saturated rings. The number of rotatable bonds is 5. The van der Waals surface area contributed by atoms with E-state index < -0.39 is 7.29 Å². The molecule has 0 saturated heterocycles. The first-order valence-corrected chi connectivity index (χ1v) is 11.6. The van der Waals surface area contributed by atoms with Gasteiger partial charge in [-0.1, -0.05) is 78.5 Å². The smallest absolute Gasteiger partial charge is 0.215 e. The topological polar surface area (TPSA) is 38.3 Å². The number of benzene rings is 3. The molecule has 0 saturated carbocycles. The SMILES string of the molecule is COc1cccc(NP2(=O)C=C(c3ccccc3)SC(c3ccccc3)=C2)c1. The van der Waals surface area contributed by atoms with Crippen molar-refractivity contribution in [1.29, 1.82) is 0 Å². The van der Waals surface area contributed by atoms with Crippen molar-refractivity contribution in [3.05, 3.63) is 108 Å². The molecule has 0 aromatic heterocycles. The van der Waals surface area contributed by atoms with E-state index in [1.54, 1.807) is 18.9 Å². The van der Waals surface area contributed by atoms with Crippen molar-refractivity contribution in [2.45, 2.75) is 0 Å². The highest BCUT2D eigenvalue weighted by atomic mass is 32.2. The van der Waals surface area contributed by atoms with Gasteiger partial charge in [0.1, 0.15) is 5.75 Å². The highest BCUT2D eigenvalue weighted by Gasteiger charge is 2.26. The van der Waals surface area contributed by atoms with Gasteiger partial charge in [-0.15, -0.1) is 0 Å². The maximum absolute atomic E-state index is 13.9. The van der Waals surface area contributed by atoms with Gasteiger partial charge in [-0.3, -0.25) is 4.57 Å². The van der Waals surface area contributed by atoms with Gasteiger partial charge in [0.25, 0.3) is 0 Å². The predicted molar refractivity (Wildman–Crippen MR) is 121 cm³/mol. The standard InChI is InChI=1S/C23H20NO2PS/c1-26-21-14-8-13-20(15-21)24-27(25)16-22(18-9-4-2-5-10-18)28-23(17-27)19-11-6-3-7-12-19/h2-17H,1H3,(H,24,25). The molecule has 0 atom stereocenters.